The molecule has 0 spiro atoms. The number of rotatable bonds is 2. The van der Waals surface area contributed by atoms with Crippen LogP contribution in [-0.2, 0) is 5.67 Å². The molecule has 1 aliphatic rings. The molecular weight excluding hydrogens is 211 g/mol. The molecule has 3 nitrogen and oxygen atoms in total. The third-order valence-corrected chi connectivity index (χ3v) is 2.54. The van der Waals surface area contributed by atoms with E-state index in [0.717, 1.165) is 0 Å². The summed E-state index contributed by atoms with van der Waals surface area (Å²) in [7, 11) is 0. The summed E-state index contributed by atoms with van der Waals surface area (Å²) in [6, 6.07) is 3.10. The van der Waals surface area contributed by atoms with Gasteiger partial charge in [0.15, 0.2) is 17.3 Å². The lowest BCUT2D eigenvalue weighted by molar-refractivity contribution is 0.101. The first kappa shape index (κ1) is 10.9. The molecule has 0 radical (unpaired) electrons. The highest BCUT2D eigenvalue weighted by Crippen LogP contribution is 2.40. The van der Waals surface area contributed by atoms with Gasteiger partial charge in [0.05, 0.1) is 5.56 Å². The molecular formula is C12H13FO3. The van der Waals surface area contributed by atoms with Crippen LogP contribution in [0.3, 0.4) is 0 Å². The molecule has 0 bridgehead atoms. The number of hydrogen-bond acceptors (Lipinski definition) is 3. The van der Waals surface area contributed by atoms with E-state index < -0.39 is 5.67 Å². The lowest BCUT2D eigenvalue weighted by Gasteiger charge is -2.16. The number of Topliss-reactive ketones (excluding diaryl/α,β-unsaturated/α-hetero) is 1. The van der Waals surface area contributed by atoms with Crippen molar-refractivity contribution < 1.29 is 18.7 Å². The summed E-state index contributed by atoms with van der Waals surface area (Å²) in [5.74, 6) is 0.696. The van der Waals surface area contributed by atoms with Crippen molar-refractivity contribution in [3.8, 4) is 11.5 Å². The predicted molar refractivity (Wildman–Crippen MR) is 56.7 cm³/mol. The Morgan fingerprint density at radius 2 is 2.06 bits per heavy atom. The summed E-state index contributed by atoms with van der Waals surface area (Å²) in [5, 5.41) is 0. The molecule has 0 aromatic heterocycles. The maximum absolute atomic E-state index is 13.8. The number of ether oxygens (including phenoxy) is 2. The Bertz CT molecular complexity index is 446. The number of halogens is 1. The highest BCUT2D eigenvalue weighted by Gasteiger charge is 2.27. The summed E-state index contributed by atoms with van der Waals surface area (Å²) in [4.78, 5) is 11.4. The quantitative estimate of drug-likeness (QED) is 0.724. The van der Waals surface area contributed by atoms with Crippen LogP contribution in [0.25, 0.3) is 0 Å². The first-order valence-electron chi connectivity index (χ1n) is 5.03. The van der Waals surface area contributed by atoms with Gasteiger partial charge >= 0.3 is 0 Å². The lowest BCUT2D eigenvalue weighted by Crippen LogP contribution is -2.10. The molecule has 0 N–H and O–H groups in total. The first-order valence-corrected chi connectivity index (χ1v) is 5.03. The fourth-order valence-corrected chi connectivity index (χ4v) is 1.61. The van der Waals surface area contributed by atoms with Gasteiger partial charge in [0, 0.05) is 0 Å². The molecule has 0 aliphatic carbocycles. The van der Waals surface area contributed by atoms with Crippen LogP contribution in [0.2, 0.25) is 0 Å². The van der Waals surface area contributed by atoms with Gasteiger partial charge in [0.1, 0.15) is 5.67 Å². The van der Waals surface area contributed by atoms with E-state index in [4.69, 9.17) is 9.47 Å². The number of alkyl halides is 1. The second-order valence-corrected chi connectivity index (χ2v) is 4.29. The van der Waals surface area contributed by atoms with Crippen molar-refractivity contribution in [2.45, 2.75) is 26.4 Å². The number of hydrogen-bond donors (Lipinski definition) is 0. The van der Waals surface area contributed by atoms with Gasteiger partial charge in [-0.2, -0.15) is 0 Å². The molecule has 0 fully saturated rings. The van der Waals surface area contributed by atoms with Crippen molar-refractivity contribution in [1.82, 2.24) is 0 Å². The Labute approximate surface area is 93.2 Å². The minimum atomic E-state index is -1.51. The van der Waals surface area contributed by atoms with Crippen molar-refractivity contribution in [3.63, 3.8) is 0 Å². The van der Waals surface area contributed by atoms with Gasteiger partial charge in [0.2, 0.25) is 6.79 Å². The van der Waals surface area contributed by atoms with Crippen LogP contribution in [0.1, 0.15) is 36.7 Å². The summed E-state index contributed by atoms with van der Waals surface area (Å²) in [5.41, 5.74) is -0.719. The summed E-state index contributed by atoms with van der Waals surface area (Å²) >= 11 is 0. The van der Waals surface area contributed by atoms with E-state index in [9.17, 15) is 9.18 Å². The minimum absolute atomic E-state index is 0.0752. The zero-order valence-corrected chi connectivity index (χ0v) is 9.46. The van der Waals surface area contributed by atoms with E-state index in [1.165, 1.54) is 26.8 Å². The molecule has 0 unspecified atom stereocenters. The van der Waals surface area contributed by atoms with E-state index in [-0.39, 0.29) is 12.6 Å². The van der Waals surface area contributed by atoms with Crippen LogP contribution in [0.4, 0.5) is 4.39 Å². The lowest BCUT2D eigenvalue weighted by atomic mass is 9.96. The second-order valence-electron chi connectivity index (χ2n) is 4.29. The SMILES string of the molecule is CC(=O)c1cc(C(C)(C)F)cc2c1OCO2. The number of ketones is 1. The molecule has 1 heterocycles. The maximum atomic E-state index is 13.8. The zero-order valence-electron chi connectivity index (χ0n) is 9.46. The van der Waals surface area contributed by atoms with Gasteiger partial charge in [-0.25, -0.2) is 4.39 Å². The molecule has 16 heavy (non-hydrogen) atoms. The van der Waals surface area contributed by atoms with Crippen LogP contribution in [0.5, 0.6) is 11.5 Å². The third-order valence-electron chi connectivity index (χ3n) is 2.54. The Morgan fingerprint density at radius 1 is 1.38 bits per heavy atom. The van der Waals surface area contributed by atoms with E-state index >= 15 is 0 Å². The Kier molecular flexibility index (Phi) is 2.37. The van der Waals surface area contributed by atoms with Crippen LogP contribution in [-0.4, -0.2) is 12.6 Å². The second kappa shape index (κ2) is 3.47. The van der Waals surface area contributed by atoms with Crippen molar-refractivity contribution >= 4 is 5.78 Å². The third kappa shape index (κ3) is 1.75. The fraction of sp³-hybridized carbons (Fsp3) is 0.417. The molecule has 1 aliphatic heterocycles. The van der Waals surface area contributed by atoms with Gasteiger partial charge in [-0.05, 0) is 38.5 Å². The van der Waals surface area contributed by atoms with Crippen molar-refractivity contribution in [3.05, 3.63) is 23.3 Å². The molecule has 2 rings (SSSR count). The predicted octanol–water partition coefficient (Wildman–Crippen LogP) is 2.82. The van der Waals surface area contributed by atoms with Crippen LogP contribution >= 0.6 is 0 Å². The van der Waals surface area contributed by atoms with Gasteiger partial charge < -0.3 is 9.47 Å². The normalized spacial score (nSPS) is 14.0. The van der Waals surface area contributed by atoms with Crippen molar-refractivity contribution in [2.75, 3.05) is 6.79 Å². The first-order chi connectivity index (χ1) is 7.39. The molecule has 1 aromatic rings. The summed E-state index contributed by atoms with van der Waals surface area (Å²) in [6.45, 7) is 4.38. The Morgan fingerprint density at radius 3 is 2.62 bits per heavy atom. The minimum Gasteiger partial charge on any atom is -0.454 e. The van der Waals surface area contributed by atoms with Gasteiger partial charge in [-0.15, -0.1) is 0 Å². The molecule has 0 saturated heterocycles. The number of benzene rings is 1. The summed E-state index contributed by atoms with van der Waals surface area (Å²) < 4.78 is 24.2. The van der Waals surface area contributed by atoms with Crippen molar-refractivity contribution in [2.24, 2.45) is 0 Å². The highest BCUT2D eigenvalue weighted by molar-refractivity contribution is 5.98. The number of carbonyl (C=O) groups is 1. The smallest absolute Gasteiger partial charge is 0.231 e. The largest absolute Gasteiger partial charge is 0.454 e. The maximum Gasteiger partial charge on any atom is 0.231 e. The molecule has 86 valence electrons. The monoisotopic (exact) mass is 224 g/mol. The van der Waals surface area contributed by atoms with Crippen LogP contribution in [0.15, 0.2) is 12.1 Å². The topological polar surface area (TPSA) is 35.5 Å². The molecule has 0 amide bonds. The Balaban J connectivity index is 2.61. The fourth-order valence-electron chi connectivity index (χ4n) is 1.61. The number of carbonyl (C=O) groups excluding carboxylic acids is 1. The van der Waals surface area contributed by atoms with Crippen LogP contribution in [0, 0.1) is 0 Å². The number of fused-ring (bicyclic) bond motifs is 1. The van der Waals surface area contributed by atoms with Crippen LogP contribution < -0.4 is 9.47 Å². The Hall–Kier alpha value is -1.58. The van der Waals surface area contributed by atoms with Crippen molar-refractivity contribution in [1.29, 1.82) is 0 Å². The van der Waals surface area contributed by atoms with E-state index in [0.29, 0.717) is 22.6 Å². The average molecular weight is 224 g/mol. The molecule has 0 saturated carbocycles. The molecule has 0 atom stereocenters. The molecule has 4 heteroatoms. The van der Waals surface area contributed by atoms with E-state index in [2.05, 4.69) is 0 Å². The van der Waals surface area contributed by atoms with Gasteiger partial charge in [-0.3, -0.25) is 4.79 Å². The highest BCUT2D eigenvalue weighted by atomic mass is 19.1. The van der Waals surface area contributed by atoms with Gasteiger partial charge in [-0.1, -0.05) is 0 Å². The molecule has 1 aromatic carbocycles. The van der Waals surface area contributed by atoms with Gasteiger partial charge in [0.25, 0.3) is 0 Å². The average Bonchev–Trinajstić information content (AvgIpc) is 2.61. The standard InChI is InChI=1S/C12H13FO3/c1-7(14)9-4-8(12(2,3)13)5-10-11(9)16-6-15-10/h4-5H,6H2,1-3H3. The zero-order chi connectivity index (χ0) is 11.9. The van der Waals surface area contributed by atoms with E-state index in [1.54, 1.807) is 6.07 Å². The van der Waals surface area contributed by atoms with E-state index in [1.807, 2.05) is 0 Å². The summed E-state index contributed by atoms with van der Waals surface area (Å²) in [6.07, 6.45) is 0.